The second kappa shape index (κ2) is 6.26. The first-order chi connectivity index (χ1) is 8.51. The number of anilines is 1. The van der Waals surface area contributed by atoms with Crippen LogP contribution in [0.3, 0.4) is 0 Å². The number of hydrogen-bond donors (Lipinski definition) is 2. The zero-order valence-electron chi connectivity index (χ0n) is 10.9. The van der Waals surface area contributed by atoms with Crippen LogP contribution in [0.1, 0.15) is 13.3 Å². The van der Waals surface area contributed by atoms with Crippen LogP contribution in [0.2, 0.25) is 0 Å². The van der Waals surface area contributed by atoms with E-state index in [0.29, 0.717) is 24.5 Å². The number of methoxy groups -OCH3 is 2. The minimum atomic E-state index is -1.07. The summed E-state index contributed by atoms with van der Waals surface area (Å²) in [5, 5.41) is 12.3. The van der Waals surface area contributed by atoms with Crippen molar-refractivity contribution in [3.8, 4) is 5.75 Å². The van der Waals surface area contributed by atoms with E-state index in [1.807, 2.05) is 0 Å². The van der Waals surface area contributed by atoms with Gasteiger partial charge in [-0.2, -0.15) is 0 Å². The van der Waals surface area contributed by atoms with Gasteiger partial charge >= 0.3 is 5.97 Å². The fraction of sp³-hybridized carbons (Fsp3) is 0.462. The second-order valence-electron chi connectivity index (χ2n) is 4.24. The van der Waals surface area contributed by atoms with E-state index in [4.69, 9.17) is 9.47 Å². The third-order valence-electron chi connectivity index (χ3n) is 2.77. The minimum absolute atomic E-state index is 0.371. The number of aliphatic carboxylic acids is 1. The lowest BCUT2D eigenvalue weighted by atomic mass is 9.98. The van der Waals surface area contributed by atoms with Gasteiger partial charge < -0.3 is 19.9 Å². The van der Waals surface area contributed by atoms with Crippen molar-refractivity contribution >= 4 is 11.7 Å². The molecule has 1 rings (SSSR count). The summed E-state index contributed by atoms with van der Waals surface area (Å²) >= 11 is 0. The predicted octanol–water partition coefficient (Wildman–Crippen LogP) is 1.99. The van der Waals surface area contributed by atoms with Crippen LogP contribution < -0.4 is 10.1 Å². The number of carboxylic acids is 1. The molecule has 0 radical (unpaired) electrons. The maximum absolute atomic E-state index is 11.3. The SMILES string of the molecule is COCCC(C)(Nc1cccc(OC)c1)C(=O)O. The zero-order valence-corrected chi connectivity index (χ0v) is 10.9. The highest BCUT2D eigenvalue weighted by atomic mass is 16.5. The van der Waals surface area contributed by atoms with Crippen LogP contribution in [0.5, 0.6) is 5.75 Å². The van der Waals surface area contributed by atoms with Crippen LogP contribution in [-0.2, 0) is 9.53 Å². The van der Waals surface area contributed by atoms with E-state index in [1.54, 1.807) is 45.4 Å². The molecule has 18 heavy (non-hydrogen) atoms. The topological polar surface area (TPSA) is 67.8 Å². The smallest absolute Gasteiger partial charge is 0.329 e. The summed E-state index contributed by atoms with van der Waals surface area (Å²) in [5.41, 5.74) is -0.363. The van der Waals surface area contributed by atoms with Crippen LogP contribution in [0.25, 0.3) is 0 Å². The fourth-order valence-electron chi connectivity index (χ4n) is 1.55. The highest BCUT2D eigenvalue weighted by Gasteiger charge is 2.32. The summed E-state index contributed by atoms with van der Waals surface area (Å²) in [4.78, 5) is 11.3. The largest absolute Gasteiger partial charge is 0.497 e. The van der Waals surface area contributed by atoms with Crippen molar-refractivity contribution in [1.82, 2.24) is 0 Å². The number of nitrogens with one attached hydrogen (secondary N) is 1. The Morgan fingerprint density at radius 1 is 1.44 bits per heavy atom. The van der Waals surface area contributed by atoms with Crippen LogP contribution in [0, 0.1) is 0 Å². The van der Waals surface area contributed by atoms with E-state index in [1.165, 1.54) is 0 Å². The predicted molar refractivity (Wildman–Crippen MR) is 69.2 cm³/mol. The lowest BCUT2D eigenvalue weighted by Gasteiger charge is -2.27. The lowest BCUT2D eigenvalue weighted by Crippen LogP contribution is -2.44. The third kappa shape index (κ3) is 3.63. The van der Waals surface area contributed by atoms with Crippen molar-refractivity contribution in [2.45, 2.75) is 18.9 Å². The van der Waals surface area contributed by atoms with E-state index in [9.17, 15) is 9.90 Å². The van der Waals surface area contributed by atoms with E-state index >= 15 is 0 Å². The summed E-state index contributed by atoms with van der Waals surface area (Å²) in [7, 11) is 3.12. The van der Waals surface area contributed by atoms with Crippen molar-refractivity contribution in [3.63, 3.8) is 0 Å². The Morgan fingerprint density at radius 2 is 2.17 bits per heavy atom. The Hall–Kier alpha value is -1.75. The molecule has 5 nitrogen and oxygen atoms in total. The van der Waals surface area contributed by atoms with Gasteiger partial charge in [-0.15, -0.1) is 0 Å². The molecule has 0 fully saturated rings. The monoisotopic (exact) mass is 253 g/mol. The molecule has 1 atom stereocenters. The normalized spacial score (nSPS) is 13.7. The average Bonchev–Trinajstić information content (AvgIpc) is 2.36. The molecule has 0 saturated carbocycles. The molecule has 1 aromatic rings. The molecule has 0 aliphatic heterocycles. The Labute approximate surface area is 107 Å². The molecule has 0 amide bonds. The molecular formula is C13H19NO4. The van der Waals surface area contributed by atoms with Gasteiger partial charge in [0.05, 0.1) is 7.11 Å². The maximum atomic E-state index is 11.3. The Morgan fingerprint density at radius 3 is 2.72 bits per heavy atom. The van der Waals surface area contributed by atoms with Crippen LogP contribution in [-0.4, -0.2) is 37.4 Å². The summed E-state index contributed by atoms with van der Waals surface area (Å²) in [6.07, 6.45) is 0.371. The summed E-state index contributed by atoms with van der Waals surface area (Å²) in [5.74, 6) is -0.234. The summed E-state index contributed by atoms with van der Waals surface area (Å²) in [6, 6.07) is 7.17. The van der Waals surface area contributed by atoms with Crippen molar-refractivity contribution in [2.75, 3.05) is 26.1 Å². The van der Waals surface area contributed by atoms with E-state index in [0.717, 1.165) is 0 Å². The zero-order chi connectivity index (χ0) is 13.6. The molecule has 1 aromatic carbocycles. The molecule has 0 bridgehead atoms. The lowest BCUT2D eigenvalue weighted by molar-refractivity contribution is -0.142. The number of ether oxygens (including phenoxy) is 2. The first kappa shape index (κ1) is 14.3. The van der Waals surface area contributed by atoms with Gasteiger partial charge in [-0.25, -0.2) is 4.79 Å². The van der Waals surface area contributed by atoms with Crippen LogP contribution >= 0.6 is 0 Å². The Kier molecular flexibility index (Phi) is 4.97. The third-order valence-corrected chi connectivity index (χ3v) is 2.77. The minimum Gasteiger partial charge on any atom is -0.497 e. The number of benzene rings is 1. The molecule has 0 saturated heterocycles. The standard InChI is InChI=1S/C13H19NO4/c1-13(12(15)16,7-8-17-2)14-10-5-4-6-11(9-10)18-3/h4-6,9,14H,7-8H2,1-3H3,(H,15,16). The highest BCUT2D eigenvalue weighted by molar-refractivity contribution is 5.82. The molecule has 5 heteroatoms. The van der Waals surface area contributed by atoms with Gasteiger partial charge in [0, 0.05) is 31.9 Å². The average molecular weight is 253 g/mol. The van der Waals surface area contributed by atoms with Gasteiger partial charge in [-0.3, -0.25) is 0 Å². The molecule has 0 heterocycles. The van der Waals surface area contributed by atoms with Crippen molar-refractivity contribution in [3.05, 3.63) is 24.3 Å². The van der Waals surface area contributed by atoms with E-state index < -0.39 is 11.5 Å². The first-order valence-electron chi connectivity index (χ1n) is 5.66. The molecule has 0 aromatic heterocycles. The van der Waals surface area contributed by atoms with Crippen LogP contribution in [0.4, 0.5) is 5.69 Å². The number of carboxylic acid groups (broad SMARTS) is 1. The van der Waals surface area contributed by atoms with Gasteiger partial charge in [0.1, 0.15) is 11.3 Å². The fourth-order valence-corrected chi connectivity index (χ4v) is 1.55. The van der Waals surface area contributed by atoms with E-state index in [-0.39, 0.29) is 0 Å². The Balaban J connectivity index is 2.85. The quantitative estimate of drug-likeness (QED) is 0.777. The maximum Gasteiger partial charge on any atom is 0.329 e. The number of rotatable bonds is 7. The molecule has 100 valence electrons. The van der Waals surface area contributed by atoms with Crippen molar-refractivity contribution < 1.29 is 19.4 Å². The van der Waals surface area contributed by atoms with Crippen molar-refractivity contribution in [2.24, 2.45) is 0 Å². The molecule has 2 N–H and O–H groups in total. The van der Waals surface area contributed by atoms with E-state index in [2.05, 4.69) is 5.32 Å². The van der Waals surface area contributed by atoms with Gasteiger partial charge in [0.25, 0.3) is 0 Å². The van der Waals surface area contributed by atoms with Crippen molar-refractivity contribution in [1.29, 1.82) is 0 Å². The van der Waals surface area contributed by atoms with Crippen LogP contribution in [0.15, 0.2) is 24.3 Å². The molecule has 0 spiro atoms. The highest BCUT2D eigenvalue weighted by Crippen LogP contribution is 2.22. The second-order valence-corrected chi connectivity index (χ2v) is 4.24. The Bertz CT molecular complexity index is 408. The van der Waals surface area contributed by atoms with Gasteiger partial charge in [0.2, 0.25) is 0 Å². The van der Waals surface area contributed by atoms with Gasteiger partial charge in [-0.05, 0) is 19.1 Å². The molecule has 1 unspecified atom stereocenters. The van der Waals surface area contributed by atoms with Gasteiger partial charge in [0.15, 0.2) is 0 Å². The number of carbonyl (C=O) groups is 1. The van der Waals surface area contributed by atoms with Gasteiger partial charge in [-0.1, -0.05) is 6.07 Å². The summed E-state index contributed by atoms with van der Waals surface area (Å²) in [6.45, 7) is 2.01. The number of hydrogen-bond acceptors (Lipinski definition) is 4. The molecule has 0 aliphatic rings. The molecule has 0 aliphatic carbocycles. The summed E-state index contributed by atoms with van der Waals surface area (Å²) < 4.78 is 10.0. The first-order valence-corrected chi connectivity index (χ1v) is 5.66. The molecular weight excluding hydrogens is 234 g/mol.